The van der Waals surface area contributed by atoms with Crippen molar-refractivity contribution in [2.24, 2.45) is 0 Å². The molecule has 68 valence electrons. The summed E-state index contributed by atoms with van der Waals surface area (Å²) in [5, 5.41) is 2.56. The van der Waals surface area contributed by atoms with Crippen LogP contribution in [0.25, 0.3) is 0 Å². The molecule has 1 N–H and O–H groups in total. The lowest BCUT2D eigenvalue weighted by molar-refractivity contribution is -0.121. The number of Topliss-reactive ketones (excluding diaryl/α,β-unsaturated/α-hetero) is 1. The number of carbonyl (C=O) groups excluding carboxylic acids is 2. The number of hydrogen-bond donors (Lipinski definition) is 1. The molecule has 1 fully saturated rings. The van der Waals surface area contributed by atoms with Gasteiger partial charge in [-0.25, -0.2) is 4.79 Å². The summed E-state index contributed by atoms with van der Waals surface area (Å²) in [4.78, 5) is 22.1. The van der Waals surface area contributed by atoms with E-state index in [0.29, 0.717) is 6.42 Å². The smallest absolute Gasteiger partial charge is 0.407 e. The molecule has 4 heteroatoms. The van der Waals surface area contributed by atoms with Gasteiger partial charge in [-0.2, -0.15) is 0 Å². The van der Waals surface area contributed by atoms with Crippen molar-refractivity contribution in [2.75, 3.05) is 7.11 Å². The number of ether oxygens (including phenoxy) is 1. The first kappa shape index (κ1) is 9.03. The van der Waals surface area contributed by atoms with Crippen LogP contribution >= 0.6 is 0 Å². The zero-order valence-electron chi connectivity index (χ0n) is 7.35. The van der Waals surface area contributed by atoms with E-state index in [1.807, 2.05) is 0 Å². The molecule has 1 aliphatic carbocycles. The SMILES string of the molecule is CCC(=O)C1(NC(=O)OC)CC1. The predicted molar refractivity (Wildman–Crippen MR) is 42.8 cm³/mol. The van der Waals surface area contributed by atoms with Gasteiger partial charge in [-0.15, -0.1) is 0 Å². The van der Waals surface area contributed by atoms with Crippen LogP contribution in [0.15, 0.2) is 0 Å². The Kier molecular flexibility index (Phi) is 2.35. The van der Waals surface area contributed by atoms with Crippen LogP contribution in [0.1, 0.15) is 26.2 Å². The highest BCUT2D eigenvalue weighted by atomic mass is 16.5. The van der Waals surface area contributed by atoms with Crippen molar-refractivity contribution in [3.8, 4) is 0 Å². The van der Waals surface area contributed by atoms with Crippen LogP contribution in [-0.2, 0) is 9.53 Å². The molecule has 0 aromatic rings. The van der Waals surface area contributed by atoms with Crippen molar-refractivity contribution >= 4 is 11.9 Å². The van der Waals surface area contributed by atoms with E-state index in [4.69, 9.17) is 0 Å². The minimum Gasteiger partial charge on any atom is -0.453 e. The molecule has 0 aromatic carbocycles. The van der Waals surface area contributed by atoms with E-state index < -0.39 is 11.6 Å². The third kappa shape index (κ3) is 1.57. The molecular formula is C8H13NO3. The summed E-state index contributed by atoms with van der Waals surface area (Å²) < 4.78 is 4.42. The molecule has 0 spiro atoms. The Morgan fingerprint density at radius 3 is 2.42 bits per heavy atom. The van der Waals surface area contributed by atoms with Crippen LogP contribution in [0, 0.1) is 0 Å². The summed E-state index contributed by atoms with van der Waals surface area (Å²) in [6, 6.07) is 0. The number of alkyl carbamates (subject to hydrolysis) is 1. The monoisotopic (exact) mass is 171 g/mol. The number of amides is 1. The quantitative estimate of drug-likeness (QED) is 0.685. The Bertz CT molecular complexity index is 208. The lowest BCUT2D eigenvalue weighted by Gasteiger charge is -2.13. The largest absolute Gasteiger partial charge is 0.453 e. The van der Waals surface area contributed by atoms with E-state index >= 15 is 0 Å². The van der Waals surface area contributed by atoms with Gasteiger partial charge in [0.25, 0.3) is 0 Å². The fourth-order valence-corrected chi connectivity index (χ4v) is 1.18. The average molecular weight is 171 g/mol. The van der Waals surface area contributed by atoms with E-state index in [-0.39, 0.29) is 5.78 Å². The standard InChI is InChI=1S/C8H13NO3/c1-3-6(10)8(4-5-8)9-7(11)12-2/h3-5H2,1-2H3,(H,9,11). The van der Waals surface area contributed by atoms with Gasteiger partial charge < -0.3 is 10.1 Å². The highest BCUT2D eigenvalue weighted by Crippen LogP contribution is 2.37. The second-order valence-electron chi connectivity index (χ2n) is 2.98. The topological polar surface area (TPSA) is 55.4 Å². The molecule has 1 aliphatic rings. The summed E-state index contributed by atoms with van der Waals surface area (Å²) in [5.41, 5.74) is -0.582. The normalized spacial score (nSPS) is 18.2. The van der Waals surface area contributed by atoms with Crippen LogP contribution in [-0.4, -0.2) is 24.5 Å². The molecular weight excluding hydrogens is 158 g/mol. The molecule has 0 atom stereocenters. The number of nitrogens with one attached hydrogen (secondary N) is 1. The van der Waals surface area contributed by atoms with E-state index in [2.05, 4.69) is 10.1 Å². The van der Waals surface area contributed by atoms with E-state index in [0.717, 1.165) is 12.8 Å². The molecule has 4 nitrogen and oxygen atoms in total. The van der Waals surface area contributed by atoms with Crippen molar-refractivity contribution in [1.82, 2.24) is 5.32 Å². The van der Waals surface area contributed by atoms with Crippen LogP contribution in [0.3, 0.4) is 0 Å². The first-order valence-electron chi connectivity index (χ1n) is 4.04. The van der Waals surface area contributed by atoms with Crippen molar-refractivity contribution in [3.05, 3.63) is 0 Å². The first-order chi connectivity index (χ1) is 5.64. The summed E-state index contributed by atoms with van der Waals surface area (Å²) in [5.74, 6) is 0.0906. The maximum Gasteiger partial charge on any atom is 0.407 e. The predicted octanol–water partition coefficient (Wildman–Crippen LogP) is 0.854. The van der Waals surface area contributed by atoms with Crippen LogP contribution in [0.4, 0.5) is 4.79 Å². The number of rotatable bonds is 3. The number of ketones is 1. The van der Waals surface area contributed by atoms with Crippen molar-refractivity contribution < 1.29 is 14.3 Å². The zero-order chi connectivity index (χ0) is 9.19. The van der Waals surface area contributed by atoms with E-state index in [9.17, 15) is 9.59 Å². The molecule has 1 amide bonds. The van der Waals surface area contributed by atoms with Gasteiger partial charge in [0.2, 0.25) is 0 Å². The highest BCUT2D eigenvalue weighted by molar-refractivity contribution is 5.94. The average Bonchev–Trinajstić information content (AvgIpc) is 2.84. The fourth-order valence-electron chi connectivity index (χ4n) is 1.18. The molecule has 0 unspecified atom stereocenters. The third-order valence-corrected chi connectivity index (χ3v) is 2.13. The third-order valence-electron chi connectivity index (χ3n) is 2.13. The Morgan fingerprint density at radius 2 is 2.08 bits per heavy atom. The minimum absolute atomic E-state index is 0.0906. The summed E-state index contributed by atoms with van der Waals surface area (Å²) in [7, 11) is 1.29. The molecule has 0 heterocycles. The molecule has 12 heavy (non-hydrogen) atoms. The lowest BCUT2D eigenvalue weighted by atomic mass is 10.1. The first-order valence-corrected chi connectivity index (χ1v) is 4.04. The maximum atomic E-state index is 11.3. The van der Waals surface area contributed by atoms with Crippen LogP contribution < -0.4 is 5.32 Å². The maximum absolute atomic E-state index is 11.3. The van der Waals surface area contributed by atoms with Gasteiger partial charge in [0.15, 0.2) is 5.78 Å². The Hall–Kier alpha value is -1.06. The minimum atomic E-state index is -0.582. The van der Waals surface area contributed by atoms with Crippen molar-refractivity contribution in [2.45, 2.75) is 31.7 Å². The molecule has 0 radical (unpaired) electrons. The zero-order valence-corrected chi connectivity index (χ0v) is 7.35. The van der Waals surface area contributed by atoms with Gasteiger partial charge in [0, 0.05) is 6.42 Å². The van der Waals surface area contributed by atoms with Gasteiger partial charge in [-0.05, 0) is 12.8 Å². The van der Waals surface area contributed by atoms with Gasteiger partial charge in [0.05, 0.1) is 7.11 Å². The summed E-state index contributed by atoms with van der Waals surface area (Å²) in [6.07, 6.45) is 1.43. The van der Waals surface area contributed by atoms with Gasteiger partial charge in [-0.3, -0.25) is 4.79 Å². The number of carbonyl (C=O) groups is 2. The van der Waals surface area contributed by atoms with Crippen molar-refractivity contribution in [3.63, 3.8) is 0 Å². The Balaban J connectivity index is 2.50. The Labute approximate surface area is 71.3 Å². The Morgan fingerprint density at radius 1 is 1.50 bits per heavy atom. The molecule has 1 rings (SSSR count). The molecule has 0 aromatic heterocycles. The summed E-state index contributed by atoms with van der Waals surface area (Å²) in [6.45, 7) is 1.79. The van der Waals surface area contributed by atoms with Crippen LogP contribution in [0.5, 0.6) is 0 Å². The van der Waals surface area contributed by atoms with E-state index in [1.165, 1.54) is 7.11 Å². The lowest BCUT2D eigenvalue weighted by Crippen LogP contribution is -2.42. The van der Waals surface area contributed by atoms with Crippen LogP contribution in [0.2, 0.25) is 0 Å². The van der Waals surface area contributed by atoms with Gasteiger partial charge in [-0.1, -0.05) is 6.92 Å². The summed E-state index contributed by atoms with van der Waals surface area (Å²) >= 11 is 0. The van der Waals surface area contributed by atoms with Gasteiger partial charge in [0.1, 0.15) is 5.54 Å². The van der Waals surface area contributed by atoms with E-state index in [1.54, 1.807) is 6.92 Å². The molecule has 0 saturated heterocycles. The fraction of sp³-hybridized carbons (Fsp3) is 0.750. The highest BCUT2D eigenvalue weighted by Gasteiger charge is 2.49. The number of methoxy groups -OCH3 is 1. The van der Waals surface area contributed by atoms with Gasteiger partial charge >= 0.3 is 6.09 Å². The molecule has 0 bridgehead atoms. The second-order valence-corrected chi connectivity index (χ2v) is 2.98. The van der Waals surface area contributed by atoms with Crippen molar-refractivity contribution in [1.29, 1.82) is 0 Å². The second kappa shape index (κ2) is 3.13. The molecule has 0 aliphatic heterocycles. The number of hydrogen-bond acceptors (Lipinski definition) is 3. The molecule has 1 saturated carbocycles.